The van der Waals surface area contributed by atoms with Gasteiger partial charge in [0.2, 0.25) is 0 Å². The molecule has 118 valence electrons. The number of benzene rings is 2. The Kier molecular flexibility index (Phi) is 6.90. The molecule has 0 fully saturated rings. The van der Waals surface area contributed by atoms with Crippen molar-refractivity contribution in [2.75, 3.05) is 27.3 Å². The molecule has 2 aromatic rings. The zero-order valence-electron chi connectivity index (χ0n) is 13.3. The third-order valence-corrected chi connectivity index (χ3v) is 3.38. The van der Waals surface area contributed by atoms with Crippen LogP contribution in [0.3, 0.4) is 0 Å². The van der Waals surface area contributed by atoms with E-state index >= 15 is 0 Å². The Bertz CT molecular complexity index is 546. The van der Waals surface area contributed by atoms with Gasteiger partial charge in [-0.1, -0.05) is 42.5 Å². The van der Waals surface area contributed by atoms with Crippen LogP contribution in [0.1, 0.15) is 11.1 Å². The first-order chi connectivity index (χ1) is 10.8. The lowest BCUT2D eigenvalue weighted by molar-refractivity contribution is 0.0245. The lowest BCUT2D eigenvalue weighted by atomic mass is 10.2. The molecule has 0 amide bonds. The monoisotopic (exact) mass is 300 g/mol. The van der Waals surface area contributed by atoms with Crippen LogP contribution in [0.15, 0.2) is 54.6 Å². The van der Waals surface area contributed by atoms with Gasteiger partial charge in [0.05, 0.1) is 13.7 Å². The Morgan fingerprint density at radius 3 is 2.55 bits per heavy atom. The molecule has 4 nitrogen and oxygen atoms in total. The van der Waals surface area contributed by atoms with Crippen molar-refractivity contribution in [3.05, 3.63) is 65.7 Å². The molecule has 0 saturated carbocycles. The molecule has 0 aromatic heterocycles. The number of hydrogen-bond acceptors (Lipinski definition) is 4. The summed E-state index contributed by atoms with van der Waals surface area (Å²) in [4.78, 5) is 7.73. The first-order valence-electron chi connectivity index (χ1n) is 7.48. The van der Waals surface area contributed by atoms with E-state index in [1.807, 2.05) is 30.3 Å². The standard InChI is InChI=1S/C18H24N2O2/c1-20(15-16-7-4-3-5-8-16)11-12-22-19-14-17-9-6-10-18(13-17)21-2/h3-10,13,19H,11-12,14-15H2,1-2H3. The second kappa shape index (κ2) is 9.20. The van der Waals surface area contributed by atoms with E-state index in [0.29, 0.717) is 13.2 Å². The minimum Gasteiger partial charge on any atom is -0.497 e. The van der Waals surface area contributed by atoms with Gasteiger partial charge in [0, 0.05) is 19.6 Å². The van der Waals surface area contributed by atoms with Crippen molar-refractivity contribution in [3.63, 3.8) is 0 Å². The summed E-state index contributed by atoms with van der Waals surface area (Å²) in [5.74, 6) is 0.863. The first kappa shape index (κ1) is 16.5. The van der Waals surface area contributed by atoms with Crippen molar-refractivity contribution in [2.24, 2.45) is 0 Å². The second-order valence-electron chi connectivity index (χ2n) is 5.24. The largest absolute Gasteiger partial charge is 0.497 e. The highest BCUT2D eigenvalue weighted by molar-refractivity contribution is 5.28. The smallest absolute Gasteiger partial charge is 0.119 e. The highest BCUT2D eigenvalue weighted by Crippen LogP contribution is 2.12. The van der Waals surface area contributed by atoms with Crippen LogP contribution in [0.25, 0.3) is 0 Å². The Labute approximate surface area is 132 Å². The maximum atomic E-state index is 5.49. The molecule has 2 rings (SSSR count). The summed E-state index contributed by atoms with van der Waals surface area (Å²) in [5, 5.41) is 0. The van der Waals surface area contributed by atoms with Crippen molar-refractivity contribution >= 4 is 0 Å². The van der Waals surface area contributed by atoms with Crippen molar-refractivity contribution in [1.82, 2.24) is 10.4 Å². The average Bonchev–Trinajstić information content (AvgIpc) is 2.55. The average molecular weight is 300 g/mol. The number of nitrogens with one attached hydrogen (secondary N) is 1. The minimum atomic E-state index is 0.646. The second-order valence-corrected chi connectivity index (χ2v) is 5.24. The fourth-order valence-electron chi connectivity index (χ4n) is 2.16. The van der Waals surface area contributed by atoms with Crippen LogP contribution in [-0.4, -0.2) is 32.2 Å². The van der Waals surface area contributed by atoms with Crippen LogP contribution < -0.4 is 10.2 Å². The number of ether oxygens (including phenoxy) is 1. The number of hydroxylamine groups is 1. The Morgan fingerprint density at radius 1 is 1.00 bits per heavy atom. The number of nitrogens with zero attached hydrogens (tertiary/aromatic N) is 1. The number of methoxy groups -OCH3 is 1. The van der Waals surface area contributed by atoms with E-state index < -0.39 is 0 Å². The molecule has 22 heavy (non-hydrogen) atoms. The molecule has 0 heterocycles. The van der Waals surface area contributed by atoms with E-state index in [2.05, 4.69) is 41.7 Å². The molecule has 0 aliphatic rings. The van der Waals surface area contributed by atoms with Gasteiger partial charge in [0.1, 0.15) is 5.75 Å². The Balaban J connectivity index is 1.60. The summed E-state index contributed by atoms with van der Waals surface area (Å²) in [6.45, 7) is 3.12. The quantitative estimate of drug-likeness (QED) is 0.570. The van der Waals surface area contributed by atoms with Crippen LogP contribution in [0.2, 0.25) is 0 Å². The highest BCUT2D eigenvalue weighted by Gasteiger charge is 2.00. The zero-order valence-corrected chi connectivity index (χ0v) is 13.3. The molecule has 4 heteroatoms. The first-order valence-corrected chi connectivity index (χ1v) is 7.48. The number of likely N-dealkylation sites (N-methyl/N-ethyl adjacent to an activating group) is 1. The summed E-state index contributed by atoms with van der Waals surface area (Å²) in [5.41, 5.74) is 5.44. The van der Waals surface area contributed by atoms with Crippen molar-refractivity contribution < 1.29 is 9.57 Å². The normalized spacial score (nSPS) is 10.9. The van der Waals surface area contributed by atoms with E-state index in [4.69, 9.17) is 9.57 Å². The lowest BCUT2D eigenvalue weighted by Crippen LogP contribution is -2.26. The molecule has 0 spiro atoms. The molecule has 0 atom stereocenters. The fourth-order valence-corrected chi connectivity index (χ4v) is 2.16. The molecule has 1 N–H and O–H groups in total. The summed E-state index contributed by atoms with van der Waals surface area (Å²) in [6.07, 6.45) is 0. The van der Waals surface area contributed by atoms with E-state index in [1.165, 1.54) is 5.56 Å². The zero-order chi connectivity index (χ0) is 15.6. The molecule has 2 aromatic carbocycles. The molecule has 0 aliphatic heterocycles. The Hall–Kier alpha value is -1.88. The maximum Gasteiger partial charge on any atom is 0.119 e. The summed E-state index contributed by atoms with van der Waals surface area (Å²) >= 11 is 0. The molecular weight excluding hydrogens is 276 g/mol. The predicted octanol–water partition coefficient (Wildman–Crippen LogP) is 2.85. The van der Waals surface area contributed by atoms with Crippen LogP contribution in [-0.2, 0) is 17.9 Å². The summed E-state index contributed by atoms with van der Waals surface area (Å²) in [7, 11) is 3.77. The van der Waals surface area contributed by atoms with Crippen LogP contribution in [0.4, 0.5) is 0 Å². The van der Waals surface area contributed by atoms with Gasteiger partial charge in [-0.25, -0.2) is 0 Å². The Morgan fingerprint density at radius 2 is 1.77 bits per heavy atom. The van der Waals surface area contributed by atoms with E-state index in [9.17, 15) is 0 Å². The van der Waals surface area contributed by atoms with Gasteiger partial charge < -0.3 is 9.57 Å². The van der Waals surface area contributed by atoms with Gasteiger partial charge in [0.25, 0.3) is 0 Å². The fraction of sp³-hybridized carbons (Fsp3) is 0.333. The predicted molar refractivity (Wildman–Crippen MR) is 88.6 cm³/mol. The number of rotatable bonds is 9. The van der Waals surface area contributed by atoms with E-state index in [0.717, 1.165) is 24.4 Å². The van der Waals surface area contributed by atoms with Crippen LogP contribution >= 0.6 is 0 Å². The molecule has 0 unspecified atom stereocenters. The summed E-state index contributed by atoms with van der Waals surface area (Å²) in [6, 6.07) is 18.4. The van der Waals surface area contributed by atoms with Gasteiger partial charge in [0.15, 0.2) is 0 Å². The molecule has 0 aliphatic carbocycles. The SMILES string of the molecule is COc1cccc(CNOCCN(C)Cc2ccccc2)c1. The van der Waals surface area contributed by atoms with Gasteiger partial charge in [-0.05, 0) is 30.3 Å². The topological polar surface area (TPSA) is 33.7 Å². The summed E-state index contributed by atoms with van der Waals surface area (Å²) < 4.78 is 5.20. The van der Waals surface area contributed by atoms with Crippen LogP contribution in [0, 0.1) is 0 Å². The molecule has 0 radical (unpaired) electrons. The van der Waals surface area contributed by atoms with Gasteiger partial charge in [-0.2, -0.15) is 5.48 Å². The van der Waals surface area contributed by atoms with Crippen molar-refractivity contribution in [2.45, 2.75) is 13.1 Å². The van der Waals surface area contributed by atoms with Crippen molar-refractivity contribution in [1.29, 1.82) is 0 Å². The molecule has 0 saturated heterocycles. The lowest BCUT2D eigenvalue weighted by Gasteiger charge is -2.16. The van der Waals surface area contributed by atoms with E-state index in [-0.39, 0.29) is 0 Å². The van der Waals surface area contributed by atoms with Gasteiger partial charge >= 0.3 is 0 Å². The minimum absolute atomic E-state index is 0.646. The third-order valence-electron chi connectivity index (χ3n) is 3.38. The van der Waals surface area contributed by atoms with E-state index in [1.54, 1.807) is 7.11 Å². The van der Waals surface area contributed by atoms with Gasteiger partial charge in [-0.3, -0.25) is 4.90 Å². The van der Waals surface area contributed by atoms with Crippen molar-refractivity contribution in [3.8, 4) is 5.75 Å². The number of hydrogen-bond donors (Lipinski definition) is 1. The highest BCUT2D eigenvalue weighted by atomic mass is 16.6. The molecule has 0 bridgehead atoms. The van der Waals surface area contributed by atoms with Gasteiger partial charge in [-0.15, -0.1) is 0 Å². The van der Waals surface area contributed by atoms with Crippen LogP contribution in [0.5, 0.6) is 5.75 Å². The molecular formula is C18H24N2O2. The third kappa shape index (κ3) is 5.85. The maximum absolute atomic E-state index is 5.49.